The van der Waals surface area contributed by atoms with Crippen molar-refractivity contribution in [2.24, 2.45) is 5.92 Å². The van der Waals surface area contributed by atoms with Crippen molar-refractivity contribution in [3.05, 3.63) is 64.7 Å². The number of carboxylic acid groups (broad SMARTS) is 1. The van der Waals surface area contributed by atoms with Crippen LogP contribution in [-0.4, -0.2) is 29.8 Å². The minimum Gasteiger partial charge on any atom is -0.478 e. The second kappa shape index (κ2) is 9.28. The van der Waals surface area contributed by atoms with Gasteiger partial charge in [-0.1, -0.05) is 43.5 Å². The summed E-state index contributed by atoms with van der Waals surface area (Å²) in [5.74, 6) is -0.667. The fourth-order valence-electron chi connectivity index (χ4n) is 4.17. The van der Waals surface area contributed by atoms with E-state index in [-0.39, 0.29) is 23.0 Å². The highest BCUT2D eigenvalue weighted by Crippen LogP contribution is 2.35. The largest absolute Gasteiger partial charge is 0.478 e. The molecule has 7 heteroatoms. The zero-order valence-corrected chi connectivity index (χ0v) is 18.0. The molecule has 1 aliphatic carbocycles. The maximum absolute atomic E-state index is 13.6. The van der Waals surface area contributed by atoms with E-state index in [2.05, 4.69) is 0 Å². The molecule has 1 atom stereocenters. The van der Waals surface area contributed by atoms with Crippen LogP contribution in [0.5, 0.6) is 0 Å². The number of hydrogen-bond donors (Lipinski definition) is 1. The highest BCUT2D eigenvalue weighted by Gasteiger charge is 2.36. The number of nitrogens with zero attached hydrogens (tertiary/aromatic N) is 1. The van der Waals surface area contributed by atoms with E-state index < -0.39 is 16.0 Å². The molecule has 0 saturated heterocycles. The molecule has 1 fully saturated rings. The first kappa shape index (κ1) is 21.8. The van der Waals surface area contributed by atoms with Gasteiger partial charge in [-0.15, -0.1) is 0 Å². The lowest BCUT2D eigenvalue weighted by Crippen LogP contribution is -2.43. The Balaban J connectivity index is 1.98. The Kier molecular flexibility index (Phi) is 6.98. The van der Waals surface area contributed by atoms with Crippen LogP contribution in [0.4, 0.5) is 0 Å². The van der Waals surface area contributed by atoms with Gasteiger partial charge in [-0.05, 0) is 67.1 Å². The molecule has 0 amide bonds. The van der Waals surface area contributed by atoms with E-state index in [0.29, 0.717) is 10.9 Å². The first-order valence-corrected chi connectivity index (χ1v) is 11.7. The van der Waals surface area contributed by atoms with E-state index in [9.17, 15) is 13.2 Å². The van der Waals surface area contributed by atoms with Crippen LogP contribution in [0.3, 0.4) is 0 Å². The van der Waals surface area contributed by atoms with Crippen molar-refractivity contribution in [1.82, 2.24) is 4.31 Å². The van der Waals surface area contributed by atoms with Crippen molar-refractivity contribution in [2.45, 2.75) is 56.5 Å². The van der Waals surface area contributed by atoms with Crippen molar-refractivity contribution in [3.63, 3.8) is 0 Å². The van der Waals surface area contributed by atoms with Gasteiger partial charge in [0.1, 0.15) is 0 Å². The second-order valence-electron chi connectivity index (χ2n) is 7.53. The van der Waals surface area contributed by atoms with Gasteiger partial charge in [-0.2, -0.15) is 4.31 Å². The summed E-state index contributed by atoms with van der Waals surface area (Å²) in [6, 6.07) is 12.6. The molecule has 0 spiro atoms. The molecular weight excluding hydrogens is 410 g/mol. The summed E-state index contributed by atoms with van der Waals surface area (Å²) in [6.07, 6.45) is 5.05. The molecule has 29 heavy (non-hydrogen) atoms. The summed E-state index contributed by atoms with van der Waals surface area (Å²) in [5.41, 5.74) is 0.952. The monoisotopic (exact) mass is 435 g/mol. The number of halogens is 1. The molecule has 1 unspecified atom stereocenters. The Hall–Kier alpha value is -1.89. The molecule has 3 rings (SSSR count). The standard InChI is InChI=1S/C22H26ClNO4S/c1-2-21(17-5-3-4-6-17)24(15-16-7-9-18(10-8-16)22(25)26)29(27,28)20-13-11-19(23)12-14-20/h7-14,17,21H,2-6,15H2,1H3,(H,25,26). The molecule has 0 heterocycles. The van der Waals surface area contributed by atoms with Crippen molar-refractivity contribution < 1.29 is 18.3 Å². The normalized spacial score (nSPS) is 16.2. The second-order valence-corrected chi connectivity index (χ2v) is 9.85. The Morgan fingerprint density at radius 2 is 1.69 bits per heavy atom. The van der Waals surface area contributed by atoms with Gasteiger partial charge >= 0.3 is 5.97 Å². The van der Waals surface area contributed by atoms with E-state index >= 15 is 0 Å². The fourth-order valence-corrected chi connectivity index (χ4v) is 6.04. The third-order valence-corrected chi connectivity index (χ3v) is 7.83. The van der Waals surface area contributed by atoms with E-state index in [0.717, 1.165) is 37.7 Å². The van der Waals surface area contributed by atoms with Gasteiger partial charge in [0, 0.05) is 17.6 Å². The lowest BCUT2D eigenvalue weighted by molar-refractivity contribution is 0.0697. The lowest BCUT2D eigenvalue weighted by atomic mass is 9.95. The number of carboxylic acids is 1. The predicted molar refractivity (Wildman–Crippen MR) is 114 cm³/mol. The van der Waals surface area contributed by atoms with Gasteiger partial charge in [0.05, 0.1) is 10.5 Å². The van der Waals surface area contributed by atoms with Gasteiger partial charge < -0.3 is 5.11 Å². The molecule has 1 aliphatic rings. The number of aromatic carboxylic acids is 1. The number of hydrogen-bond acceptors (Lipinski definition) is 3. The topological polar surface area (TPSA) is 74.7 Å². The van der Waals surface area contributed by atoms with Crippen LogP contribution in [-0.2, 0) is 16.6 Å². The zero-order valence-electron chi connectivity index (χ0n) is 16.4. The molecule has 2 aromatic rings. The SMILES string of the molecule is CCC(C1CCCC1)N(Cc1ccc(C(=O)O)cc1)S(=O)(=O)c1ccc(Cl)cc1. The van der Waals surface area contributed by atoms with Crippen molar-refractivity contribution >= 4 is 27.6 Å². The molecule has 0 radical (unpaired) electrons. The summed E-state index contributed by atoms with van der Waals surface area (Å²) < 4.78 is 28.7. The Bertz CT molecular complexity index is 936. The van der Waals surface area contributed by atoms with Crippen molar-refractivity contribution in [1.29, 1.82) is 0 Å². The van der Waals surface area contributed by atoms with Gasteiger partial charge in [0.2, 0.25) is 10.0 Å². The summed E-state index contributed by atoms with van der Waals surface area (Å²) in [6.45, 7) is 2.24. The van der Waals surface area contributed by atoms with Gasteiger partial charge in [-0.3, -0.25) is 0 Å². The molecule has 0 aromatic heterocycles. The number of sulfonamides is 1. The third kappa shape index (κ3) is 5.00. The first-order valence-electron chi connectivity index (χ1n) is 9.92. The van der Waals surface area contributed by atoms with Crippen LogP contribution in [0.2, 0.25) is 5.02 Å². The van der Waals surface area contributed by atoms with Gasteiger partial charge in [-0.25, -0.2) is 13.2 Å². The van der Waals surface area contributed by atoms with Crippen LogP contribution in [0, 0.1) is 5.92 Å². The average Bonchev–Trinajstić information content (AvgIpc) is 3.23. The van der Waals surface area contributed by atoms with Gasteiger partial charge in [0.15, 0.2) is 0 Å². The number of benzene rings is 2. The van der Waals surface area contributed by atoms with E-state index in [4.69, 9.17) is 16.7 Å². The van der Waals surface area contributed by atoms with Crippen LogP contribution < -0.4 is 0 Å². The van der Waals surface area contributed by atoms with E-state index in [1.165, 1.54) is 12.1 Å². The minimum absolute atomic E-state index is 0.0997. The first-order chi connectivity index (χ1) is 13.8. The Morgan fingerprint density at radius 3 is 2.21 bits per heavy atom. The molecule has 156 valence electrons. The smallest absolute Gasteiger partial charge is 0.335 e. The van der Waals surface area contributed by atoms with Gasteiger partial charge in [0.25, 0.3) is 0 Å². The highest BCUT2D eigenvalue weighted by molar-refractivity contribution is 7.89. The number of rotatable bonds is 8. The highest BCUT2D eigenvalue weighted by atomic mass is 35.5. The van der Waals surface area contributed by atoms with Crippen LogP contribution >= 0.6 is 11.6 Å². The third-order valence-electron chi connectivity index (χ3n) is 5.69. The molecule has 1 saturated carbocycles. The molecule has 5 nitrogen and oxygen atoms in total. The maximum Gasteiger partial charge on any atom is 0.335 e. The predicted octanol–water partition coefficient (Wildman–Crippen LogP) is 5.20. The Labute approximate surface area is 177 Å². The molecule has 0 aliphatic heterocycles. The van der Waals surface area contributed by atoms with E-state index in [1.54, 1.807) is 40.7 Å². The summed E-state index contributed by atoms with van der Waals surface area (Å²) in [4.78, 5) is 11.3. The van der Waals surface area contributed by atoms with Crippen LogP contribution in [0.15, 0.2) is 53.4 Å². The minimum atomic E-state index is -3.73. The van der Waals surface area contributed by atoms with Crippen molar-refractivity contribution in [2.75, 3.05) is 0 Å². The van der Waals surface area contributed by atoms with Crippen LogP contribution in [0.25, 0.3) is 0 Å². The molecule has 2 aromatic carbocycles. The van der Waals surface area contributed by atoms with Crippen LogP contribution in [0.1, 0.15) is 54.9 Å². The zero-order chi connectivity index (χ0) is 21.0. The summed E-state index contributed by atoms with van der Waals surface area (Å²) >= 11 is 5.95. The number of carbonyl (C=O) groups is 1. The fraction of sp³-hybridized carbons (Fsp3) is 0.409. The van der Waals surface area contributed by atoms with Crippen molar-refractivity contribution in [3.8, 4) is 0 Å². The summed E-state index contributed by atoms with van der Waals surface area (Å²) in [7, 11) is -3.73. The quantitative estimate of drug-likeness (QED) is 0.618. The lowest BCUT2D eigenvalue weighted by Gasteiger charge is -2.34. The Morgan fingerprint density at radius 1 is 1.10 bits per heavy atom. The maximum atomic E-state index is 13.6. The molecule has 1 N–H and O–H groups in total. The summed E-state index contributed by atoms with van der Waals surface area (Å²) in [5, 5.41) is 9.60. The average molecular weight is 436 g/mol. The van der Waals surface area contributed by atoms with E-state index in [1.807, 2.05) is 6.92 Å². The molecular formula is C22H26ClNO4S. The molecule has 0 bridgehead atoms.